The van der Waals surface area contributed by atoms with E-state index < -0.39 is 11.9 Å². The summed E-state index contributed by atoms with van der Waals surface area (Å²) in [6.07, 6.45) is 0.834. The van der Waals surface area contributed by atoms with Crippen molar-refractivity contribution < 1.29 is 9.59 Å². The van der Waals surface area contributed by atoms with Gasteiger partial charge in [0.25, 0.3) is 5.91 Å². The standard InChI is InChI=1S/C15H17ClN4O2S2/c1-3-10(8-4-6-9(16)7-5-8)23-14-11(12(17)21)13(24-20-14)19-15(22)18-2/h4-7,10H,3H2,1-2H3,(H2,17,21)(H2,18,19,22)/t10-/m1/s1. The third-order valence-electron chi connectivity index (χ3n) is 3.23. The zero-order chi connectivity index (χ0) is 17.7. The summed E-state index contributed by atoms with van der Waals surface area (Å²) in [5.74, 6) is -0.622. The second-order valence-corrected chi connectivity index (χ2v) is 7.23. The molecule has 2 rings (SSSR count). The Bertz CT molecular complexity index is 734. The summed E-state index contributed by atoms with van der Waals surface area (Å²) in [7, 11) is 1.49. The van der Waals surface area contributed by atoms with Gasteiger partial charge in [0.15, 0.2) is 0 Å². The van der Waals surface area contributed by atoms with Crippen LogP contribution in [-0.4, -0.2) is 23.4 Å². The molecular weight excluding hydrogens is 368 g/mol. The highest BCUT2D eigenvalue weighted by Crippen LogP contribution is 2.41. The van der Waals surface area contributed by atoms with Crippen molar-refractivity contribution in [3.8, 4) is 0 Å². The molecule has 1 aromatic carbocycles. The molecule has 0 saturated heterocycles. The average molecular weight is 385 g/mol. The summed E-state index contributed by atoms with van der Waals surface area (Å²) in [5.41, 5.74) is 6.79. The maximum Gasteiger partial charge on any atom is 0.319 e. The summed E-state index contributed by atoms with van der Waals surface area (Å²) in [6, 6.07) is 7.12. The summed E-state index contributed by atoms with van der Waals surface area (Å²) >= 11 is 8.40. The van der Waals surface area contributed by atoms with E-state index >= 15 is 0 Å². The maximum atomic E-state index is 11.8. The Balaban J connectivity index is 2.28. The van der Waals surface area contributed by atoms with E-state index in [1.807, 2.05) is 31.2 Å². The lowest BCUT2D eigenvalue weighted by Crippen LogP contribution is -2.25. The molecule has 1 heterocycles. The van der Waals surface area contributed by atoms with Crippen LogP contribution in [-0.2, 0) is 0 Å². The number of urea groups is 1. The van der Waals surface area contributed by atoms with Gasteiger partial charge in [0.1, 0.15) is 15.6 Å². The molecule has 0 fully saturated rings. The number of nitrogens with two attached hydrogens (primary N) is 1. The minimum absolute atomic E-state index is 0.0929. The van der Waals surface area contributed by atoms with Gasteiger partial charge in [-0.15, -0.1) is 0 Å². The molecule has 2 aromatic rings. The number of hydrogen-bond donors (Lipinski definition) is 3. The van der Waals surface area contributed by atoms with Crippen molar-refractivity contribution in [1.82, 2.24) is 9.69 Å². The Kier molecular flexibility index (Phi) is 6.47. The molecule has 9 heteroatoms. The molecule has 0 aliphatic carbocycles. The summed E-state index contributed by atoms with van der Waals surface area (Å²) in [6.45, 7) is 2.05. The number of nitrogens with one attached hydrogen (secondary N) is 2. The van der Waals surface area contributed by atoms with E-state index in [0.29, 0.717) is 15.0 Å². The van der Waals surface area contributed by atoms with Gasteiger partial charge in [0, 0.05) is 17.3 Å². The molecule has 4 N–H and O–H groups in total. The highest BCUT2D eigenvalue weighted by atomic mass is 35.5. The number of carbonyl (C=O) groups is 2. The minimum Gasteiger partial charge on any atom is -0.365 e. The van der Waals surface area contributed by atoms with Crippen molar-refractivity contribution in [2.75, 3.05) is 12.4 Å². The predicted molar refractivity (Wildman–Crippen MR) is 99.1 cm³/mol. The lowest BCUT2D eigenvalue weighted by atomic mass is 10.1. The fourth-order valence-corrected chi connectivity index (χ4v) is 4.24. The largest absolute Gasteiger partial charge is 0.365 e. The normalized spacial score (nSPS) is 11.8. The molecule has 0 bridgehead atoms. The summed E-state index contributed by atoms with van der Waals surface area (Å²) in [5, 5.41) is 6.62. The number of thioether (sulfide) groups is 1. The van der Waals surface area contributed by atoms with E-state index in [-0.39, 0.29) is 10.8 Å². The average Bonchev–Trinajstić information content (AvgIpc) is 2.95. The topological polar surface area (TPSA) is 97.1 Å². The molecule has 0 unspecified atom stereocenters. The monoisotopic (exact) mass is 384 g/mol. The summed E-state index contributed by atoms with van der Waals surface area (Å²) in [4.78, 5) is 23.3. The first kappa shape index (κ1) is 18.6. The van der Waals surface area contributed by atoms with Crippen molar-refractivity contribution in [1.29, 1.82) is 0 Å². The van der Waals surface area contributed by atoms with E-state index in [2.05, 4.69) is 15.0 Å². The molecule has 1 atom stereocenters. The fraction of sp³-hybridized carbons (Fsp3) is 0.267. The van der Waals surface area contributed by atoms with E-state index in [4.69, 9.17) is 17.3 Å². The first-order valence-electron chi connectivity index (χ1n) is 7.16. The molecule has 128 valence electrons. The number of benzene rings is 1. The predicted octanol–water partition coefficient (Wildman–Crippen LogP) is 3.89. The van der Waals surface area contributed by atoms with Crippen molar-refractivity contribution in [2.24, 2.45) is 5.73 Å². The lowest BCUT2D eigenvalue weighted by Gasteiger charge is -2.14. The molecular formula is C15H17ClN4O2S2. The second-order valence-electron chi connectivity index (χ2n) is 4.83. The Hall–Kier alpha value is -1.77. The Labute approximate surface area is 153 Å². The van der Waals surface area contributed by atoms with Crippen LogP contribution in [0.3, 0.4) is 0 Å². The highest BCUT2D eigenvalue weighted by molar-refractivity contribution is 7.99. The Morgan fingerprint density at radius 1 is 1.38 bits per heavy atom. The number of primary amides is 1. The molecule has 6 nitrogen and oxygen atoms in total. The van der Waals surface area contributed by atoms with Gasteiger partial charge in [-0.05, 0) is 35.6 Å². The number of hydrogen-bond acceptors (Lipinski definition) is 5. The molecule has 0 aliphatic heterocycles. The first-order valence-corrected chi connectivity index (χ1v) is 9.19. The van der Waals surface area contributed by atoms with Gasteiger partial charge in [-0.25, -0.2) is 4.79 Å². The highest BCUT2D eigenvalue weighted by Gasteiger charge is 2.23. The second kappa shape index (κ2) is 8.36. The number of anilines is 1. The van der Waals surface area contributed by atoms with Crippen molar-refractivity contribution in [2.45, 2.75) is 23.6 Å². The van der Waals surface area contributed by atoms with Crippen LogP contribution >= 0.6 is 34.9 Å². The molecule has 0 aliphatic rings. The van der Waals surface area contributed by atoms with E-state index in [9.17, 15) is 9.59 Å². The van der Waals surface area contributed by atoms with Crippen LogP contribution in [0.1, 0.15) is 34.5 Å². The van der Waals surface area contributed by atoms with Gasteiger partial charge < -0.3 is 11.1 Å². The van der Waals surface area contributed by atoms with Crippen molar-refractivity contribution in [3.63, 3.8) is 0 Å². The molecule has 3 amide bonds. The SMILES string of the molecule is CC[C@@H](Sc1nsc(NC(=O)NC)c1C(N)=O)c1ccc(Cl)cc1. The van der Waals surface area contributed by atoms with Crippen LogP contribution < -0.4 is 16.4 Å². The van der Waals surface area contributed by atoms with Gasteiger partial charge in [-0.1, -0.05) is 42.4 Å². The van der Waals surface area contributed by atoms with Crippen LogP contribution in [0.15, 0.2) is 29.3 Å². The van der Waals surface area contributed by atoms with E-state index in [1.54, 1.807) is 0 Å². The van der Waals surface area contributed by atoms with Gasteiger partial charge in [0.05, 0.1) is 0 Å². The zero-order valence-electron chi connectivity index (χ0n) is 13.1. The van der Waals surface area contributed by atoms with Gasteiger partial charge in [0.2, 0.25) is 0 Å². The quantitative estimate of drug-likeness (QED) is 0.658. The molecule has 24 heavy (non-hydrogen) atoms. The van der Waals surface area contributed by atoms with Crippen LogP contribution in [0.25, 0.3) is 0 Å². The van der Waals surface area contributed by atoms with Crippen LogP contribution in [0.4, 0.5) is 9.80 Å². The van der Waals surface area contributed by atoms with Crippen molar-refractivity contribution in [3.05, 3.63) is 40.4 Å². The van der Waals surface area contributed by atoms with Gasteiger partial charge in [-0.2, -0.15) is 4.37 Å². The Morgan fingerprint density at radius 3 is 2.58 bits per heavy atom. The number of nitrogens with zero attached hydrogens (tertiary/aromatic N) is 1. The number of amides is 3. The number of carbonyl (C=O) groups excluding carboxylic acids is 2. The first-order chi connectivity index (χ1) is 11.5. The van der Waals surface area contributed by atoms with Crippen LogP contribution in [0, 0.1) is 0 Å². The van der Waals surface area contributed by atoms with E-state index in [1.165, 1.54) is 18.8 Å². The van der Waals surface area contributed by atoms with Crippen LogP contribution in [0.5, 0.6) is 0 Å². The van der Waals surface area contributed by atoms with Gasteiger partial charge >= 0.3 is 6.03 Å². The summed E-state index contributed by atoms with van der Waals surface area (Å²) < 4.78 is 4.29. The zero-order valence-corrected chi connectivity index (χ0v) is 15.5. The molecule has 0 radical (unpaired) electrons. The molecule has 1 aromatic heterocycles. The smallest absolute Gasteiger partial charge is 0.319 e. The fourth-order valence-electron chi connectivity index (χ4n) is 2.02. The van der Waals surface area contributed by atoms with Gasteiger partial charge in [-0.3, -0.25) is 10.1 Å². The van der Waals surface area contributed by atoms with Crippen LogP contribution in [0.2, 0.25) is 5.02 Å². The third kappa shape index (κ3) is 4.40. The molecule has 0 saturated carbocycles. The third-order valence-corrected chi connectivity index (χ3v) is 5.77. The molecule has 0 spiro atoms. The number of rotatable bonds is 6. The Morgan fingerprint density at radius 2 is 2.04 bits per heavy atom. The minimum atomic E-state index is -0.622. The van der Waals surface area contributed by atoms with E-state index in [0.717, 1.165) is 23.5 Å². The number of aromatic nitrogens is 1. The maximum absolute atomic E-state index is 11.8. The lowest BCUT2D eigenvalue weighted by molar-refractivity contribution is 0.0998. The van der Waals surface area contributed by atoms with Crippen molar-refractivity contribution >= 4 is 51.8 Å². The number of halogens is 1.